The molecule has 0 aliphatic carbocycles. The van der Waals surface area contributed by atoms with E-state index in [2.05, 4.69) is 0 Å². The lowest BCUT2D eigenvalue weighted by Crippen LogP contribution is -1.94. The Hall–Kier alpha value is -17.0. The van der Waals surface area contributed by atoms with Crippen LogP contribution in [0, 0.1) is 0 Å². The topological polar surface area (TPSA) is 39.4 Å². The highest BCUT2D eigenvalue weighted by Gasteiger charge is 2.29. The maximum Gasteiger partial charge on any atom is 0.136 e. The van der Waals surface area contributed by atoms with Crippen molar-refractivity contribution in [2.24, 2.45) is 0 Å². The zero-order chi connectivity index (χ0) is 106. The van der Waals surface area contributed by atoms with Gasteiger partial charge in [-0.25, -0.2) is 0 Å². The van der Waals surface area contributed by atoms with Gasteiger partial charge in [-0.3, -0.25) is 0 Å². The van der Waals surface area contributed by atoms with E-state index >= 15 is 0 Å². The smallest absolute Gasteiger partial charge is 0.136 e. The molecule has 0 radical (unpaired) electrons. The van der Waals surface area contributed by atoms with Crippen LogP contribution in [0.15, 0.2) is 498 Å². The predicted octanol–water partition coefficient (Wildman–Crippen LogP) is 36.0. The summed E-state index contributed by atoms with van der Waals surface area (Å²) in [6, 6.07) is 97.6. The molecule has 3 nitrogen and oxygen atoms in total. The minimum atomic E-state index is -0.446. The van der Waals surface area contributed by atoms with Gasteiger partial charge < -0.3 is 13.3 Å². The molecule has 0 aliphatic rings. The van der Waals surface area contributed by atoms with Gasteiger partial charge in [0.2, 0.25) is 0 Å². The molecule has 0 saturated carbocycles. The molecule has 0 saturated heterocycles. The van der Waals surface area contributed by atoms with Crippen molar-refractivity contribution in [2.75, 3.05) is 0 Å². The largest absolute Gasteiger partial charge is 0.456 e. The van der Waals surface area contributed by atoms with Gasteiger partial charge >= 0.3 is 0 Å². The highest BCUT2D eigenvalue weighted by molar-refractivity contribution is 6.31. The summed E-state index contributed by atoms with van der Waals surface area (Å²) >= 11 is 0. The third kappa shape index (κ3) is 13.0. The Morgan fingerprint density at radius 1 is 0.124 bits per heavy atom. The van der Waals surface area contributed by atoms with Crippen LogP contribution in [0.1, 0.15) is 32.9 Å². The maximum atomic E-state index is 9.55. The van der Waals surface area contributed by atoms with Gasteiger partial charge in [-0.15, -0.1) is 0 Å². The van der Waals surface area contributed by atoms with Gasteiger partial charge in [0, 0.05) is 49.0 Å². The highest BCUT2D eigenvalue weighted by atomic mass is 16.3. The van der Waals surface area contributed by atoms with E-state index in [1.807, 2.05) is 267 Å². The minimum Gasteiger partial charge on any atom is -0.456 e. The molecule has 26 aromatic rings. The van der Waals surface area contributed by atoms with Crippen LogP contribution in [0.3, 0.4) is 0 Å². The van der Waals surface area contributed by atoms with Crippen LogP contribution in [-0.4, -0.2) is 0 Å². The standard InChI is InChI=1S/2C44H28O.C38H24O/c1-3-15-29(16-4-1)31-19-7-8-20-32(31)37-27-28-40-43(38-25-13-14-26-39(38)45-40)44(37)42-35-23-11-9-21-33(35)41(30-17-5-2-6-18-30)34-22-10-12-24-36(34)42;1-3-15-29(16-4-1)31-19-7-8-20-32(31)43-38(27-28-40-44(43)37-25-13-14-26-39(37)45-40)42-35-23-11-9-21-33(35)41(30-17-5-2-6-18-30)34-22-10-12-24-36(34)42;1-3-13-25(14-4-1)27-23-24-34-37(32-21-11-12-22-33(32)39-34)38(27)36-30-19-9-7-17-28(30)35(26-15-5-2-6-16-26)29-18-8-10-20-31(29)36/h2*1-28H;1-24H/i2*9D,10D,11D,12D,21D,22D,23D,24D;7D,8D,9D,10D,17D,18D,19D,20D. The fourth-order valence-corrected chi connectivity index (χ4v) is 19.0. The number of benzene rings is 23. The van der Waals surface area contributed by atoms with Gasteiger partial charge in [-0.2, -0.15) is 0 Å². The zero-order valence-corrected chi connectivity index (χ0v) is 68.6. The van der Waals surface area contributed by atoms with E-state index in [-0.39, 0.29) is 143 Å². The molecule has 0 fully saturated rings. The third-order valence-electron chi connectivity index (χ3n) is 24.4. The van der Waals surface area contributed by atoms with Crippen molar-refractivity contribution in [1.29, 1.82) is 0 Å². The van der Waals surface area contributed by atoms with E-state index in [9.17, 15) is 16.4 Å². The average molecular weight is 1670 g/mol. The average Bonchev–Trinajstić information content (AvgIpc) is 1.70. The maximum absolute atomic E-state index is 9.55. The molecule has 0 bridgehead atoms. The first kappa shape index (κ1) is 54.6. The van der Waals surface area contributed by atoms with Crippen LogP contribution in [0.2, 0.25) is 0 Å². The van der Waals surface area contributed by atoms with Crippen LogP contribution >= 0.6 is 0 Å². The van der Waals surface area contributed by atoms with E-state index in [4.69, 9.17) is 29.7 Å². The second-order valence-electron chi connectivity index (χ2n) is 31.4. The van der Waals surface area contributed by atoms with E-state index in [0.717, 1.165) is 66.1 Å². The molecule has 3 heterocycles. The summed E-state index contributed by atoms with van der Waals surface area (Å²) in [6.07, 6.45) is 0. The summed E-state index contributed by atoms with van der Waals surface area (Å²) in [6.45, 7) is 0. The summed E-state index contributed by atoms with van der Waals surface area (Å²) < 4.78 is 238. The quantitative estimate of drug-likeness (QED) is 0.121. The lowest BCUT2D eigenvalue weighted by atomic mass is 9.81. The van der Waals surface area contributed by atoms with Crippen molar-refractivity contribution in [3.8, 4) is 122 Å². The molecule has 3 heteroatoms. The number of furan rings is 3. The van der Waals surface area contributed by atoms with Crippen molar-refractivity contribution in [3.63, 3.8) is 0 Å². The van der Waals surface area contributed by atoms with Gasteiger partial charge in [0.1, 0.15) is 33.5 Å². The molecule has 26 rings (SSSR count). The molecule has 0 spiro atoms. The molecule has 0 unspecified atom stereocenters. The summed E-state index contributed by atoms with van der Waals surface area (Å²) in [5.41, 5.74) is 17.1. The molecular weight excluding hydrogens is 1560 g/mol. The van der Waals surface area contributed by atoms with Gasteiger partial charge in [0.25, 0.3) is 0 Å². The van der Waals surface area contributed by atoms with Gasteiger partial charge in [0.15, 0.2) is 0 Å². The predicted molar refractivity (Wildman–Crippen MR) is 546 cm³/mol. The van der Waals surface area contributed by atoms with Crippen molar-refractivity contribution >= 4 is 130 Å². The Morgan fingerprint density at radius 3 is 0.682 bits per heavy atom. The minimum absolute atomic E-state index is 0.156. The van der Waals surface area contributed by atoms with Gasteiger partial charge in [0.05, 0.1) is 32.9 Å². The number of hydrogen-bond donors (Lipinski definition) is 0. The number of fused-ring (bicyclic) bond motifs is 15. The first-order valence-corrected chi connectivity index (χ1v) is 42.3. The lowest BCUT2D eigenvalue weighted by molar-refractivity contribution is 0.668. The molecular formula is C126H80O3. The van der Waals surface area contributed by atoms with Crippen molar-refractivity contribution in [2.45, 2.75) is 0 Å². The van der Waals surface area contributed by atoms with E-state index in [1.54, 1.807) is 72.8 Å². The highest BCUT2D eigenvalue weighted by Crippen LogP contribution is 2.56. The van der Waals surface area contributed by atoms with Crippen LogP contribution in [0.5, 0.6) is 0 Å². The molecule has 23 aromatic carbocycles. The number of hydrogen-bond acceptors (Lipinski definition) is 3. The van der Waals surface area contributed by atoms with Crippen LogP contribution in [0.4, 0.5) is 0 Å². The SMILES string of the molecule is [2H]c1c([2H])c([2H])c2c(-c3c(-c4ccccc4)ccc4oc5ccccc5c34)c3c([2H])c([2H])c([2H])c([2H])c3c(-c3ccccc3)c2c1[2H].[2H]c1c([2H])c([2H])c2c(-c3c(-c4ccccc4-c4ccccc4)ccc4oc5ccccc5c34)c3c([2H])c([2H])c([2H])c([2H])c3c(-c3ccccc3)c2c1[2H].[2H]c1c([2H])c([2H])c2c(-c3ccc4oc5ccccc5c4c3-c3ccccc3-c3ccccc3)c3c([2H])c([2H])c([2H])c([2H])c3c(-c3ccccc3)c2c1[2H]. The van der Waals surface area contributed by atoms with Crippen LogP contribution < -0.4 is 0 Å². The fourth-order valence-electron chi connectivity index (χ4n) is 19.0. The molecule has 0 atom stereocenters. The molecule has 0 amide bonds. The Labute approximate surface area is 779 Å². The van der Waals surface area contributed by atoms with Crippen molar-refractivity contribution < 1.29 is 46.1 Å². The van der Waals surface area contributed by atoms with E-state index in [0.29, 0.717) is 117 Å². The van der Waals surface area contributed by atoms with E-state index in [1.165, 1.54) is 0 Å². The van der Waals surface area contributed by atoms with Crippen LogP contribution in [-0.2, 0) is 0 Å². The molecule has 0 aliphatic heterocycles. The normalized spacial score (nSPS) is 14.2. The molecule has 3 aromatic heterocycles. The number of para-hydroxylation sites is 3. The molecule has 129 heavy (non-hydrogen) atoms. The summed E-state index contributed by atoms with van der Waals surface area (Å²) in [4.78, 5) is 0. The van der Waals surface area contributed by atoms with E-state index < -0.39 is 72.5 Å². The lowest BCUT2D eigenvalue weighted by Gasteiger charge is -2.21. The Balaban J connectivity index is 0.000000122. The Kier molecular flexibility index (Phi) is 13.7. The zero-order valence-electron chi connectivity index (χ0n) is 92.6. The molecule has 0 N–H and O–H groups in total. The van der Waals surface area contributed by atoms with Crippen LogP contribution in [0.25, 0.3) is 253 Å². The Bertz CT molecular complexity index is 10200. The van der Waals surface area contributed by atoms with Gasteiger partial charge in [-0.1, -0.05) is 436 Å². The monoisotopic (exact) mass is 1660 g/mol. The number of rotatable bonds is 11. The summed E-state index contributed by atoms with van der Waals surface area (Å²) in [7, 11) is 0. The Morgan fingerprint density at radius 2 is 0.349 bits per heavy atom. The first-order chi connectivity index (χ1) is 74.1. The molecule has 602 valence electrons. The van der Waals surface area contributed by atoms with Crippen molar-refractivity contribution in [3.05, 3.63) is 485 Å². The second kappa shape index (κ2) is 32.3. The van der Waals surface area contributed by atoms with Crippen molar-refractivity contribution in [1.82, 2.24) is 0 Å². The summed E-state index contributed by atoms with van der Waals surface area (Å²) in [5.74, 6) is 0. The fraction of sp³-hybridized carbons (Fsp3) is 0. The summed E-state index contributed by atoms with van der Waals surface area (Å²) in [5, 5.41) is 6.50. The first-order valence-electron chi connectivity index (χ1n) is 54.3. The van der Waals surface area contributed by atoms with Gasteiger partial charge in [-0.05, 0) is 219 Å². The second-order valence-corrected chi connectivity index (χ2v) is 31.4. The third-order valence-corrected chi connectivity index (χ3v) is 24.4.